The predicted molar refractivity (Wildman–Crippen MR) is 96.2 cm³/mol. The summed E-state index contributed by atoms with van der Waals surface area (Å²) in [5.74, 6) is -3.56. The minimum Gasteiger partial charge on any atom is -0.503 e. The van der Waals surface area contributed by atoms with Crippen LogP contribution in [0.15, 0.2) is 23.1 Å². The number of carbonyl (C=O) groups is 2. The van der Waals surface area contributed by atoms with Crippen LogP contribution in [0.4, 0.5) is 8.78 Å². The molecule has 0 fully saturated rings. The number of pyridine rings is 1. The lowest BCUT2D eigenvalue weighted by atomic mass is 10.1. The summed E-state index contributed by atoms with van der Waals surface area (Å²) in [7, 11) is 1.54. The Morgan fingerprint density at radius 1 is 1.25 bits per heavy atom. The molecule has 28 heavy (non-hydrogen) atoms. The number of nitrogens with one attached hydrogen (secondary N) is 1. The number of rotatable bonds is 4. The normalized spacial score (nSPS) is 13.4. The number of hydrogen-bond acceptors (Lipinski definition) is 4. The second kappa shape index (κ2) is 7.41. The molecule has 1 aliphatic rings. The molecule has 0 unspecified atom stereocenters. The SMILES string of the molecule is CCc1c(F)ccc(CNC(=O)c2cn3c(c(O)c2=O)C(=O)N(C)CC3)c1F. The van der Waals surface area contributed by atoms with Crippen LogP contribution < -0.4 is 10.7 Å². The van der Waals surface area contributed by atoms with E-state index in [0.29, 0.717) is 13.1 Å². The number of carbonyl (C=O) groups excluding carboxylic acids is 2. The molecule has 1 aliphatic heterocycles. The second-order valence-electron chi connectivity index (χ2n) is 6.52. The fourth-order valence-corrected chi connectivity index (χ4v) is 3.13. The highest BCUT2D eigenvalue weighted by Crippen LogP contribution is 2.20. The number of amides is 2. The van der Waals surface area contributed by atoms with Crippen molar-refractivity contribution in [3.8, 4) is 5.75 Å². The Bertz CT molecular complexity index is 1030. The van der Waals surface area contributed by atoms with Gasteiger partial charge in [0.15, 0.2) is 11.4 Å². The summed E-state index contributed by atoms with van der Waals surface area (Å²) in [6.45, 7) is 2.01. The van der Waals surface area contributed by atoms with Crippen LogP contribution in [0.25, 0.3) is 0 Å². The summed E-state index contributed by atoms with van der Waals surface area (Å²) >= 11 is 0. The maximum atomic E-state index is 14.3. The molecule has 1 aromatic carbocycles. The lowest BCUT2D eigenvalue weighted by Crippen LogP contribution is -2.40. The Hall–Kier alpha value is -3.23. The number of aromatic nitrogens is 1. The molecule has 0 spiro atoms. The number of benzene rings is 1. The Balaban J connectivity index is 1.88. The van der Waals surface area contributed by atoms with E-state index in [4.69, 9.17) is 0 Å². The van der Waals surface area contributed by atoms with Crippen LogP contribution in [-0.4, -0.2) is 40.0 Å². The second-order valence-corrected chi connectivity index (χ2v) is 6.52. The summed E-state index contributed by atoms with van der Waals surface area (Å²) in [4.78, 5) is 38.3. The Kier molecular flexibility index (Phi) is 5.17. The van der Waals surface area contributed by atoms with Crippen molar-refractivity contribution in [1.29, 1.82) is 0 Å². The van der Waals surface area contributed by atoms with Gasteiger partial charge in [-0.15, -0.1) is 0 Å². The molecule has 2 N–H and O–H groups in total. The molecule has 0 radical (unpaired) electrons. The van der Waals surface area contributed by atoms with Gasteiger partial charge in [0.1, 0.15) is 17.2 Å². The lowest BCUT2D eigenvalue weighted by Gasteiger charge is -2.27. The number of halogens is 2. The van der Waals surface area contributed by atoms with Crippen molar-refractivity contribution >= 4 is 11.8 Å². The first-order valence-corrected chi connectivity index (χ1v) is 8.72. The third kappa shape index (κ3) is 3.23. The topological polar surface area (TPSA) is 91.6 Å². The van der Waals surface area contributed by atoms with Crippen LogP contribution in [0, 0.1) is 11.6 Å². The van der Waals surface area contributed by atoms with Crippen molar-refractivity contribution in [3.63, 3.8) is 0 Å². The molecular formula is C19H19F2N3O4. The molecule has 1 aromatic heterocycles. The van der Waals surface area contributed by atoms with E-state index in [0.717, 1.165) is 6.07 Å². The molecule has 0 aliphatic carbocycles. The number of nitrogens with zero attached hydrogens (tertiary/aromatic N) is 2. The summed E-state index contributed by atoms with van der Waals surface area (Å²) in [5, 5.41) is 12.5. The molecule has 2 heterocycles. The van der Waals surface area contributed by atoms with Crippen molar-refractivity contribution in [2.75, 3.05) is 13.6 Å². The lowest BCUT2D eigenvalue weighted by molar-refractivity contribution is 0.0740. The van der Waals surface area contributed by atoms with Gasteiger partial charge in [-0.25, -0.2) is 8.78 Å². The average molecular weight is 391 g/mol. The van der Waals surface area contributed by atoms with Crippen LogP contribution in [0.2, 0.25) is 0 Å². The first-order valence-electron chi connectivity index (χ1n) is 8.72. The average Bonchev–Trinajstić information content (AvgIpc) is 2.66. The Morgan fingerprint density at radius 3 is 2.64 bits per heavy atom. The Morgan fingerprint density at radius 2 is 1.96 bits per heavy atom. The minimum absolute atomic E-state index is 0.0747. The smallest absolute Gasteiger partial charge is 0.274 e. The van der Waals surface area contributed by atoms with Crippen LogP contribution >= 0.6 is 0 Å². The maximum absolute atomic E-state index is 14.3. The summed E-state index contributed by atoms with van der Waals surface area (Å²) < 4.78 is 29.2. The van der Waals surface area contributed by atoms with E-state index in [1.54, 1.807) is 6.92 Å². The zero-order valence-electron chi connectivity index (χ0n) is 15.4. The van der Waals surface area contributed by atoms with Crippen molar-refractivity contribution in [2.45, 2.75) is 26.4 Å². The van der Waals surface area contributed by atoms with E-state index in [-0.39, 0.29) is 35.3 Å². The maximum Gasteiger partial charge on any atom is 0.274 e. The molecule has 0 bridgehead atoms. The van der Waals surface area contributed by atoms with Gasteiger partial charge in [-0.2, -0.15) is 0 Å². The monoisotopic (exact) mass is 391 g/mol. The third-order valence-corrected chi connectivity index (χ3v) is 4.79. The van der Waals surface area contributed by atoms with Crippen LogP contribution in [0.1, 0.15) is 38.9 Å². The van der Waals surface area contributed by atoms with Crippen molar-refractivity contribution in [3.05, 3.63) is 62.6 Å². The van der Waals surface area contributed by atoms with Crippen molar-refractivity contribution in [2.24, 2.45) is 0 Å². The summed E-state index contributed by atoms with van der Waals surface area (Å²) in [6, 6.07) is 2.33. The molecule has 2 amide bonds. The number of likely N-dealkylation sites (N-methyl/N-ethyl adjacent to an activating group) is 1. The van der Waals surface area contributed by atoms with Crippen molar-refractivity contribution < 1.29 is 23.5 Å². The standard InChI is InChI=1S/C19H19F2N3O4/c1-3-11-13(20)5-4-10(14(11)21)8-22-18(27)12-9-24-7-6-23(2)19(28)15(24)17(26)16(12)25/h4-5,9,26H,3,6-8H2,1-2H3,(H,22,27). The van der Waals surface area contributed by atoms with Gasteiger partial charge < -0.3 is 19.9 Å². The van der Waals surface area contributed by atoms with E-state index in [2.05, 4.69) is 5.32 Å². The molecule has 7 nitrogen and oxygen atoms in total. The molecule has 9 heteroatoms. The van der Waals surface area contributed by atoms with E-state index in [1.807, 2.05) is 0 Å². The third-order valence-electron chi connectivity index (χ3n) is 4.79. The minimum atomic E-state index is -0.985. The van der Waals surface area contributed by atoms with Crippen LogP contribution in [-0.2, 0) is 19.5 Å². The molecule has 2 aromatic rings. The van der Waals surface area contributed by atoms with Crippen LogP contribution in [0.3, 0.4) is 0 Å². The van der Waals surface area contributed by atoms with E-state index < -0.39 is 34.6 Å². The molecule has 0 atom stereocenters. The van der Waals surface area contributed by atoms with Gasteiger partial charge in [-0.05, 0) is 12.5 Å². The van der Waals surface area contributed by atoms with Gasteiger partial charge in [-0.3, -0.25) is 14.4 Å². The number of fused-ring (bicyclic) bond motifs is 1. The van der Waals surface area contributed by atoms with Crippen molar-refractivity contribution in [1.82, 2.24) is 14.8 Å². The molecule has 0 saturated heterocycles. The number of hydrogen-bond donors (Lipinski definition) is 2. The fraction of sp³-hybridized carbons (Fsp3) is 0.316. The fourth-order valence-electron chi connectivity index (χ4n) is 3.13. The molecule has 148 valence electrons. The van der Waals surface area contributed by atoms with Gasteiger partial charge in [0, 0.05) is 44.0 Å². The van der Waals surface area contributed by atoms with Gasteiger partial charge >= 0.3 is 0 Å². The molecule has 3 rings (SSSR count). The van der Waals surface area contributed by atoms with Gasteiger partial charge in [0.2, 0.25) is 5.43 Å². The Labute approximate surface area is 159 Å². The van der Waals surface area contributed by atoms with Gasteiger partial charge in [0.25, 0.3) is 11.8 Å². The van der Waals surface area contributed by atoms with Crippen LogP contribution in [0.5, 0.6) is 5.75 Å². The largest absolute Gasteiger partial charge is 0.503 e. The summed E-state index contributed by atoms with van der Waals surface area (Å²) in [6.07, 6.45) is 1.36. The first-order chi connectivity index (χ1) is 13.3. The highest BCUT2D eigenvalue weighted by atomic mass is 19.1. The highest BCUT2D eigenvalue weighted by Gasteiger charge is 2.29. The van der Waals surface area contributed by atoms with E-state index in [9.17, 15) is 28.3 Å². The number of aromatic hydroxyl groups is 1. The van der Waals surface area contributed by atoms with E-state index >= 15 is 0 Å². The zero-order chi connectivity index (χ0) is 20.6. The quantitative estimate of drug-likeness (QED) is 0.825. The molecule has 0 saturated carbocycles. The summed E-state index contributed by atoms with van der Waals surface area (Å²) in [5.41, 5.74) is -1.53. The zero-order valence-corrected chi connectivity index (χ0v) is 15.4. The first kappa shape index (κ1) is 19.5. The van der Waals surface area contributed by atoms with E-state index in [1.165, 1.54) is 28.8 Å². The van der Waals surface area contributed by atoms with Gasteiger partial charge in [-0.1, -0.05) is 13.0 Å². The highest BCUT2D eigenvalue weighted by molar-refractivity contribution is 5.98. The predicted octanol–water partition coefficient (Wildman–Crippen LogP) is 1.41. The molecular weight excluding hydrogens is 372 g/mol. The van der Waals surface area contributed by atoms with Gasteiger partial charge in [0.05, 0.1) is 0 Å².